The Morgan fingerprint density at radius 3 is 1.65 bits per heavy atom. The van der Waals surface area contributed by atoms with Gasteiger partial charge in [-0.3, -0.25) is 0 Å². The van der Waals surface area contributed by atoms with E-state index in [0.717, 1.165) is 38.1 Å². The van der Waals surface area contributed by atoms with Crippen molar-refractivity contribution in [3.8, 4) is 44.8 Å². The van der Waals surface area contributed by atoms with Crippen molar-refractivity contribution in [1.82, 2.24) is 4.98 Å². The first-order valence-electron chi connectivity index (χ1n) is 10.3. The molecule has 1 heterocycles. The molecule has 0 spiro atoms. The third-order valence-corrected chi connectivity index (χ3v) is 5.83. The van der Waals surface area contributed by atoms with Crippen molar-refractivity contribution in [3.05, 3.63) is 126 Å². The fourth-order valence-corrected chi connectivity index (χ4v) is 4.29. The van der Waals surface area contributed by atoms with Gasteiger partial charge in [0.15, 0.2) is 0 Å². The molecule has 0 N–H and O–H groups in total. The summed E-state index contributed by atoms with van der Waals surface area (Å²) in [6, 6.07) is 42.1. The lowest BCUT2D eigenvalue weighted by Gasteiger charge is -2.18. The molecule has 5 rings (SSSR count). The molecule has 0 aliphatic heterocycles. The summed E-state index contributed by atoms with van der Waals surface area (Å²) >= 11 is 3.61. The zero-order valence-electron chi connectivity index (χ0n) is 16.9. The Hall–Kier alpha value is -3.49. The standard InChI is InChI=1S/C29H20BrN/c30-25-18-10-17-24(19-25)27-20-26(21-11-4-1-5-12-21)28(22-13-6-2-7-14-22)29(31-27)23-15-8-3-9-16-23/h1-20H. The molecule has 0 radical (unpaired) electrons. The first-order valence-corrected chi connectivity index (χ1v) is 11.1. The smallest absolute Gasteiger partial charge is 0.0794 e. The van der Waals surface area contributed by atoms with Crippen LogP contribution in [0.15, 0.2) is 126 Å². The van der Waals surface area contributed by atoms with E-state index in [1.807, 2.05) is 12.1 Å². The Bertz CT molecular complexity index is 1250. The van der Waals surface area contributed by atoms with Gasteiger partial charge in [-0.1, -0.05) is 119 Å². The number of benzene rings is 4. The van der Waals surface area contributed by atoms with Crippen molar-refractivity contribution in [1.29, 1.82) is 0 Å². The van der Waals surface area contributed by atoms with Gasteiger partial charge >= 0.3 is 0 Å². The van der Waals surface area contributed by atoms with Crippen LogP contribution in [0, 0.1) is 0 Å². The molecular weight excluding hydrogens is 442 g/mol. The van der Waals surface area contributed by atoms with E-state index in [1.165, 1.54) is 11.1 Å². The maximum absolute atomic E-state index is 5.20. The summed E-state index contributed by atoms with van der Waals surface area (Å²) in [5, 5.41) is 0. The van der Waals surface area contributed by atoms with Gasteiger partial charge in [0.2, 0.25) is 0 Å². The van der Waals surface area contributed by atoms with E-state index in [0.29, 0.717) is 0 Å². The largest absolute Gasteiger partial charge is 0.247 e. The molecule has 1 nitrogen and oxygen atoms in total. The molecule has 0 fully saturated rings. The van der Waals surface area contributed by atoms with Crippen molar-refractivity contribution >= 4 is 15.9 Å². The molecule has 0 aliphatic carbocycles. The summed E-state index contributed by atoms with van der Waals surface area (Å²) in [5.41, 5.74) is 8.80. The first kappa shape index (κ1) is 19.5. The highest BCUT2D eigenvalue weighted by atomic mass is 79.9. The number of aromatic nitrogens is 1. The number of pyridine rings is 1. The zero-order valence-corrected chi connectivity index (χ0v) is 18.5. The minimum Gasteiger partial charge on any atom is -0.247 e. The van der Waals surface area contributed by atoms with E-state index in [2.05, 4.69) is 125 Å². The van der Waals surface area contributed by atoms with Crippen LogP contribution >= 0.6 is 15.9 Å². The molecule has 148 valence electrons. The minimum atomic E-state index is 0.957. The molecule has 0 saturated heterocycles. The predicted molar refractivity (Wildman–Crippen MR) is 134 cm³/mol. The first-order chi connectivity index (χ1) is 15.3. The van der Waals surface area contributed by atoms with E-state index in [1.54, 1.807) is 0 Å². The second kappa shape index (κ2) is 8.71. The van der Waals surface area contributed by atoms with Gasteiger partial charge in [0.25, 0.3) is 0 Å². The summed E-state index contributed by atoms with van der Waals surface area (Å²) in [6.07, 6.45) is 0. The Morgan fingerprint density at radius 2 is 1.03 bits per heavy atom. The minimum absolute atomic E-state index is 0.957. The Morgan fingerprint density at radius 1 is 0.484 bits per heavy atom. The van der Waals surface area contributed by atoms with E-state index >= 15 is 0 Å². The van der Waals surface area contributed by atoms with Crippen molar-refractivity contribution in [2.45, 2.75) is 0 Å². The van der Waals surface area contributed by atoms with Crippen molar-refractivity contribution in [2.24, 2.45) is 0 Å². The van der Waals surface area contributed by atoms with E-state index in [4.69, 9.17) is 4.98 Å². The molecule has 2 heteroatoms. The van der Waals surface area contributed by atoms with Gasteiger partial charge in [-0.2, -0.15) is 0 Å². The molecule has 5 aromatic rings. The highest BCUT2D eigenvalue weighted by molar-refractivity contribution is 9.10. The predicted octanol–water partition coefficient (Wildman–Crippen LogP) is 8.51. The third-order valence-electron chi connectivity index (χ3n) is 5.33. The number of rotatable bonds is 4. The molecule has 0 amide bonds. The van der Waals surface area contributed by atoms with Crippen LogP contribution in [-0.4, -0.2) is 4.98 Å². The van der Waals surface area contributed by atoms with Crippen LogP contribution in [-0.2, 0) is 0 Å². The van der Waals surface area contributed by atoms with Crippen LogP contribution < -0.4 is 0 Å². The van der Waals surface area contributed by atoms with Crippen LogP contribution in [0.5, 0.6) is 0 Å². The van der Waals surface area contributed by atoms with E-state index < -0.39 is 0 Å². The van der Waals surface area contributed by atoms with Gasteiger partial charge < -0.3 is 0 Å². The SMILES string of the molecule is Brc1cccc(-c2cc(-c3ccccc3)c(-c3ccccc3)c(-c3ccccc3)n2)c1. The molecule has 1 aromatic heterocycles. The maximum atomic E-state index is 5.20. The molecular formula is C29H20BrN. The summed E-state index contributed by atoms with van der Waals surface area (Å²) in [4.78, 5) is 5.20. The Kier molecular flexibility index (Phi) is 5.47. The van der Waals surface area contributed by atoms with Crippen LogP contribution in [0.25, 0.3) is 44.8 Å². The zero-order chi connectivity index (χ0) is 21.0. The van der Waals surface area contributed by atoms with Gasteiger partial charge in [-0.05, 0) is 34.9 Å². The van der Waals surface area contributed by atoms with Crippen molar-refractivity contribution in [3.63, 3.8) is 0 Å². The van der Waals surface area contributed by atoms with Gasteiger partial charge in [0.05, 0.1) is 11.4 Å². The number of halogens is 1. The fraction of sp³-hybridized carbons (Fsp3) is 0. The van der Waals surface area contributed by atoms with Gasteiger partial charge in [0, 0.05) is 21.2 Å². The summed E-state index contributed by atoms with van der Waals surface area (Å²) in [5.74, 6) is 0. The average molecular weight is 462 g/mol. The van der Waals surface area contributed by atoms with Crippen molar-refractivity contribution < 1.29 is 0 Å². The third kappa shape index (κ3) is 4.08. The second-order valence-corrected chi connectivity index (χ2v) is 8.30. The van der Waals surface area contributed by atoms with Gasteiger partial charge in [-0.25, -0.2) is 4.98 Å². The van der Waals surface area contributed by atoms with Crippen LogP contribution in [0.3, 0.4) is 0 Å². The van der Waals surface area contributed by atoms with Crippen LogP contribution in [0.1, 0.15) is 0 Å². The Labute approximate surface area is 191 Å². The Balaban J connectivity index is 1.88. The maximum Gasteiger partial charge on any atom is 0.0794 e. The van der Waals surface area contributed by atoms with Crippen molar-refractivity contribution in [2.75, 3.05) is 0 Å². The van der Waals surface area contributed by atoms with E-state index in [9.17, 15) is 0 Å². The lowest BCUT2D eigenvalue weighted by Crippen LogP contribution is -1.97. The molecule has 0 aliphatic rings. The highest BCUT2D eigenvalue weighted by Gasteiger charge is 2.18. The molecule has 0 saturated carbocycles. The highest BCUT2D eigenvalue weighted by Crippen LogP contribution is 2.41. The molecule has 31 heavy (non-hydrogen) atoms. The van der Waals surface area contributed by atoms with Gasteiger partial charge in [0.1, 0.15) is 0 Å². The number of hydrogen-bond donors (Lipinski definition) is 0. The van der Waals surface area contributed by atoms with Crippen LogP contribution in [0.2, 0.25) is 0 Å². The summed E-state index contributed by atoms with van der Waals surface area (Å²) in [6.45, 7) is 0. The normalized spacial score (nSPS) is 10.7. The molecule has 0 bridgehead atoms. The summed E-state index contributed by atoms with van der Waals surface area (Å²) in [7, 11) is 0. The second-order valence-electron chi connectivity index (χ2n) is 7.39. The topological polar surface area (TPSA) is 12.9 Å². The van der Waals surface area contributed by atoms with E-state index in [-0.39, 0.29) is 0 Å². The molecule has 4 aromatic carbocycles. The molecule has 0 unspecified atom stereocenters. The quantitative estimate of drug-likeness (QED) is 0.261. The van der Waals surface area contributed by atoms with Crippen LogP contribution in [0.4, 0.5) is 0 Å². The number of hydrogen-bond acceptors (Lipinski definition) is 1. The monoisotopic (exact) mass is 461 g/mol. The summed E-state index contributed by atoms with van der Waals surface area (Å²) < 4.78 is 1.04. The molecule has 0 atom stereocenters. The fourth-order valence-electron chi connectivity index (χ4n) is 3.89. The number of nitrogens with zero attached hydrogens (tertiary/aromatic N) is 1. The lowest BCUT2D eigenvalue weighted by atomic mass is 9.89. The average Bonchev–Trinajstić information content (AvgIpc) is 2.85. The lowest BCUT2D eigenvalue weighted by molar-refractivity contribution is 1.32. The van der Waals surface area contributed by atoms with Gasteiger partial charge in [-0.15, -0.1) is 0 Å².